The Morgan fingerprint density at radius 3 is 2.89 bits per heavy atom. The van der Waals surface area contributed by atoms with E-state index in [0.29, 0.717) is 18.8 Å². The Kier molecular flexibility index (Phi) is 4.00. The van der Waals surface area contributed by atoms with Crippen molar-refractivity contribution >= 4 is 34.0 Å². The van der Waals surface area contributed by atoms with Gasteiger partial charge in [0.1, 0.15) is 11.5 Å². The molecule has 18 heavy (non-hydrogen) atoms. The molecule has 1 aliphatic heterocycles. The molecule has 1 heterocycles. The zero-order valence-electron chi connectivity index (χ0n) is 9.60. The number of hydrogen-bond donors (Lipinski definition) is 1. The number of hydrogen-bond acceptors (Lipinski definition) is 4. The van der Waals surface area contributed by atoms with E-state index >= 15 is 0 Å². The van der Waals surface area contributed by atoms with Crippen LogP contribution in [0.3, 0.4) is 0 Å². The molecule has 0 radical (unpaired) electrons. The second-order valence-corrected chi connectivity index (χ2v) is 5.52. The summed E-state index contributed by atoms with van der Waals surface area (Å²) in [5.41, 5.74) is 6.12. The summed E-state index contributed by atoms with van der Waals surface area (Å²) >= 11 is 1.75. The highest BCUT2D eigenvalue weighted by atomic mass is 127. The highest BCUT2D eigenvalue weighted by Gasteiger charge is 2.25. The van der Waals surface area contributed by atoms with Crippen LogP contribution in [0.5, 0.6) is 0 Å². The molecule has 1 aromatic carbocycles. The number of nitrogens with zero attached hydrogens (tertiary/aromatic N) is 2. The summed E-state index contributed by atoms with van der Waals surface area (Å²) in [6.07, 6.45) is 1.77. The first-order valence-electron chi connectivity index (χ1n) is 5.63. The number of halogens is 2. The molecule has 1 saturated heterocycles. The van der Waals surface area contributed by atoms with Gasteiger partial charge >= 0.3 is 0 Å². The van der Waals surface area contributed by atoms with Gasteiger partial charge in [0, 0.05) is 31.3 Å². The summed E-state index contributed by atoms with van der Waals surface area (Å²) in [5, 5.41) is 11.0. The van der Waals surface area contributed by atoms with Crippen molar-refractivity contribution in [3.63, 3.8) is 0 Å². The summed E-state index contributed by atoms with van der Waals surface area (Å²) < 4.78 is 13.8. The molecular weight excluding hydrogens is 352 g/mol. The van der Waals surface area contributed by atoms with Crippen LogP contribution in [0.1, 0.15) is 12.8 Å². The molecule has 0 spiro atoms. The maximum absolute atomic E-state index is 13.6. The smallest absolute Gasteiger partial charge is 0.293 e. The first-order chi connectivity index (χ1) is 8.49. The topological polar surface area (TPSA) is 72.4 Å². The zero-order chi connectivity index (χ0) is 13.3. The van der Waals surface area contributed by atoms with Crippen molar-refractivity contribution < 1.29 is 9.31 Å². The zero-order valence-corrected chi connectivity index (χ0v) is 11.8. The number of rotatable bonds is 2. The van der Waals surface area contributed by atoms with Crippen LogP contribution in [-0.2, 0) is 0 Å². The second kappa shape index (κ2) is 5.35. The number of benzene rings is 1. The lowest BCUT2D eigenvalue weighted by Gasteiger charge is -2.32. The summed E-state index contributed by atoms with van der Waals surface area (Å²) in [7, 11) is 0. The number of nitro groups is 1. The highest BCUT2D eigenvalue weighted by Crippen LogP contribution is 2.33. The van der Waals surface area contributed by atoms with Crippen molar-refractivity contribution in [1.82, 2.24) is 0 Å². The van der Waals surface area contributed by atoms with E-state index in [1.54, 1.807) is 27.5 Å². The molecule has 1 aromatic rings. The predicted molar refractivity (Wildman–Crippen MR) is 75.2 cm³/mol. The van der Waals surface area contributed by atoms with Crippen LogP contribution in [0, 0.1) is 19.5 Å². The van der Waals surface area contributed by atoms with E-state index in [1.807, 2.05) is 0 Å². The molecule has 1 atom stereocenters. The summed E-state index contributed by atoms with van der Waals surface area (Å²) in [6, 6.07) is 2.49. The van der Waals surface area contributed by atoms with E-state index in [0.717, 1.165) is 12.8 Å². The molecule has 0 saturated carbocycles. The van der Waals surface area contributed by atoms with Gasteiger partial charge in [-0.1, -0.05) is 0 Å². The van der Waals surface area contributed by atoms with Crippen LogP contribution in [0.2, 0.25) is 0 Å². The third-order valence-corrected chi connectivity index (χ3v) is 3.84. The lowest BCUT2D eigenvalue weighted by molar-refractivity contribution is -0.384. The second-order valence-electron chi connectivity index (χ2n) is 4.36. The molecule has 2 rings (SSSR count). The number of nitro benzene ring substituents is 1. The molecule has 5 nitrogen and oxygen atoms in total. The van der Waals surface area contributed by atoms with Gasteiger partial charge in [-0.25, -0.2) is 4.39 Å². The van der Waals surface area contributed by atoms with E-state index < -0.39 is 10.7 Å². The third-order valence-electron chi connectivity index (χ3n) is 3.01. The van der Waals surface area contributed by atoms with Gasteiger partial charge in [0.15, 0.2) is 0 Å². The van der Waals surface area contributed by atoms with Gasteiger partial charge in [0.2, 0.25) is 0 Å². The Balaban J connectivity index is 2.41. The molecular formula is C11H13FIN3O2. The SMILES string of the molecule is N[C@@H]1CCCN(c2cc(F)c(I)cc2[N+](=O)[O-])C1. The van der Waals surface area contributed by atoms with E-state index in [9.17, 15) is 14.5 Å². The summed E-state index contributed by atoms with van der Waals surface area (Å²) in [4.78, 5) is 12.4. The van der Waals surface area contributed by atoms with Crippen molar-refractivity contribution in [2.45, 2.75) is 18.9 Å². The average molecular weight is 365 g/mol. The quantitative estimate of drug-likeness (QED) is 0.496. The Hall–Kier alpha value is -0.960. The summed E-state index contributed by atoms with van der Waals surface area (Å²) in [6.45, 7) is 1.20. The fraction of sp³-hybridized carbons (Fsp3) is 0.455. The van der Waals surface area contributed by atoms with E-state index in [4.69, 9.17) is 5.73 Å². The van der Waals surface area contributed by atoms with Crippen molar-refractivity contribution in [3.8, 4) is 0 Å². The minimum Gasteiger partial charge on any atom is -0.364 e. The van der Waals surface area contributed by atoms with Crippen LogP contribution < -0.4 is 10.6 Å². The number of piperidine rings is 1. The van der Waals surface area contributed by atoms with Gasteiger partial charge in [0.05, 0.1) is 8.49 Å². The van der Waals surface area contributed by atoms with Gasteiger partial charge < -0.3 is 10.6 Å². The van der Waals surface area contributed by atoms with Crippen LogP contribution in [-0.4, -0.2) is 24.1 Å². The molecule has 2 N–H and O–H groups in total. The maximum Gasteiger partial charge on any atom is 0.293 e. The molecule has 0 aromatic heterocycles. The van der Waals surface area contributed by atoms with Crippen molar-refractivity contribution in [3.05, 3.63) is 31.6 Å². The third kappa shape index (κ3) is 2.72. The highest BCUT2D eigenvalue weighted by molar-refractivity contribution is 14.1. The van der Waals surface area contributed by atoms with Gasteiger partial charge in [-0.05, 0) is 35.4 Å². The fourth-order valence-electron chi connectivity index (χ4n) is 2.15. The van der Waals surface area contributed by atoms with Crippen molar-refractivity contribution in [1.29, 1.82) is 0 Å². The number of anilines is 1. The lowest BCUT2D eigenvalue weighted by Crippen LogP contribution is -2.43. The van der Waals surface area contributed by atoms with E-state index in [2.05, 4.69) is 0 Å². The van der Waals surface area contributed by atoms with Gasteiger partial charge in [-0.15, -0.1) is 0 Å². The molecule has 1 aliphatic rings. The Bertz CT molecular complexity index is 484. The van der Waals surface area contributed by atoms with Crippen LogP contribution in [0.4, 0.5) is 15.8 Å². The molecule has 98 valence electrons. The van der Waals surface area contributed by atoms with Crippen LogP contribution in [0.25, 0.3) is 0 Å². The molecule has 0 unspecified atom stereocenters. The minimum absolute atomic E-state index is 0.0132. The molecule has 0 amide bonds. The van der Waals surface area contributed by atoms with E-state index in [1.165, 1.54) is 12.1 Å². The molecule has 0 bridgehead atoms. The Morgan fingerprint density at radius 1 is 1.56 bits per heavy atom. The van der Waals surface area contributed by atoms with E-state index in [-0.39, 0.29) is 15.3 Å². The van der Waals surface area contributed by atoms with Gasteiger partial charge in [-0.2, -0.15) is 0 Å². The molecule has 7 heteroatoms. The molecule has 0 aliphatic carbocycles. The predicted octanol–water partition coefficient (Wildman–Crippen LogP) is 2.27. The van der Waals surface area contributed by atoms with Crippen LogP contribution >= 0.6 is 22.6 Å². The first kappa shape index (κ1) is 13.5. The van der Waals surface area contributed by atoms with Gasteiger partial charge in [-0.3, -0.25) is 10.1 Å². The lowest BCUT2D eigenvalue weighted by atomic mass is 10.1. The van der Waals surface area contributed by atoms with Crippen molar-refractivity contribution in [2.75, 3.05) is 18.0 Å². The molecule has 1 fully saturated rings. The maximum atomic E-state index is 13.6. The Labute approximate surface area is 117 Å². The minimum atomic E-state index is -0.475. The summed E-state index contributed by atoms with van der Waals surface area (Å²) in [5.74, 6) is -0.435. The van der Waals surface area contributed by atoms with Crippen molar-refractivity contribution in [2.24, 2.45) is 5.73 Å². The number of nitrogens with two attached hydrogens (primary N) is 1. The average Bonchev–Trinajstić information content (AvgIpc) is 2.31. The van der Waals surface area contributed by atoms with Crippen LogP contribution in [0.15, 0.2) is 12.1 Å². The standard InChI is InChI=1S/C11H13FIN3O2/c12-8-4-10(11(16(17)18)5-9(8)13)15-3-1-2-7(14)6-15/h4-5,7H,1-3,6,14H2/t7-/m1/s1. The van der Waals surface area contributed by atoms with Gasteiger partial charge in [0.25, 0.3) is 5.69 Å². The largest absolute Gasteiger partial charge is 0.364 e. The normalized spacial score (nSPS) is 19.9. The first-order valence-corrected chi connectivity index (χ1v) is 6.71. The fourth-order valence-corrected chi connectivity index (χ4v) is 2.60. The Morgan fingerprint density at radius 2 is 2.28 bits per heavy atom. The monoisotopic (exact) mass is 365 g/mol.